The molecule has 2 rings (SSSR count). The molecule has 0 amide bonds. The van der Waals surface area contributed by atoms with Gasteiger partial charge in [-0.05, 0) is 6.42 Å². The molecule has 0 radical (unpaired) electrons. The van der Waals surface area contributed by atoms with Crippen LogP contribution in [-0.2, 0) is 11.8 Å². The zero-order chi connectivity index (χ0) is 11.5. The third kappa shape index (κ3) is 2.30. The van der Waals surface area contributed by atoms with Crippen molar-refractivity contribution in [2.75, 3.05) is 25.1 Å². The summed E-state index contributed by atoms with van der Waals surface area (Å²) in [6, 6.07) is 0. The minimum absolute atomic E-state index is 0.0152. The highest BCUT2D eigenvalue weighted by atomic mass is 16.6. The van der Waals surface area contributed by atoms with E-state index in [-0.39, 0.29) is 5.69 Å². The van der Waals surface area contributed by atoms with Gasteiger partial charge >= 0.3 is 5.69 Å². The number of anilines is 1. The molecule has 1 aromatic rings. The van der Waals surface area contributed by atoms with E-state index in [1.54, 1.807) is 7.05 Å². The van der Waals surface area contributed by atoms with Crippen LogP contribution in [0.4, 0.5) is 11.5 Å². The second-order valence-corrected chi connectivity index (χ2v) is 3.90. The molecule has 16 heavy (non-hydrogen) atoms. The molecule has 0 bridgehead atoms. The highest BCUT2D eigenvalue weighted by Gasteiger charge is 2.21. The number of aryl methyl sites for hydroxylation is 1. The number of nitrogens with zero attached hydrogens (tertiary/aromatic N) is 3. The molecule has 1 fully saturated rings. The van der Waals surface area contributed by atoms with Gasteiger partial charge in [0.1, 0.15) is 6.20 Å². The molecule has 1 aliphatic heterocycles. The van der Waals surface area contributed by atoms with Crippen molar-refractivity contribution < 1.29 is 9.66 Å². The Kier molecular flexibility index (Phi) is 3.04. The van der Waals surface area contributed by atoms with Crippen LogP contribution in [0.2, 0.25) is 0 Å². The van der Waals surface area contributed by atoms with Crippen molar-refractivity contribution in [2.24, 2.45) is 13.0 Å². The van der Waals surface area contributed by atoms with Crippen molar-refractivity contribution in [3.8, 4) is 0 Å². The lowest BCUT2D eigenvalue weighted by atomic mass is 10.1. The van der Waals surface area contributed by atoms with Gasteiger partial charge in [0, 0.05) is 26.1 Å². The second-order valence-electron chi connectivity index (χ2n) is 3.90. The molecule has 0 aromatic carbocycles. The predicted molar refractivity (Wildman–Crippen MR) is 57.3 cm³/mol. The van der Waals surface area contributed by atoms with Crippen molar-refractivity contribution in [2.45, 2.75) is 6.42 Å². The quantitative estimate of drug-likeness (QED) is 0.606. The average molecular weight is 226 g/mol. The largest absolute Gasteiger partial charge is 0.381 e. The molecular weight excluding hydrogens is 212 g/mol. The van der Waals surface area contributed by atoms with Crippen molar-refractivity contribution in [3.63, 3.8) is 0 Å². The first kappa shape index (κ1) is 10.9. The zero-order valence-electron chi connectivity index (χ0n) is 9.05. The van der Waals surface area contributed by atoms with Crippen LogP contribution in [-0.4, -0.2) is 34.5 Å². The maximum atomic E-state index is 10.7. The molecule has 1 saturated heterocycles. The summed E-state index contributed by atoms with van der Waals surface area (Å²) in [7, 11) is 1.66. The Bertz CT molecular complexity index is 384. The van der Waals surface area contributed by atoms with Crippen molar-refractivity contribution in [1.82, 2.24) is 9.78 Å². The number of nitro groups is 1. The number of ether oxygens (including phenoxy) is 1. The standard InChI is InChI=1S/C9H14N4O3/c1-12-5-8(13(14)15)9(11-12)10-4-7-2-3-16-6-7/h5,7H,2-4,6H2,1H3,(H,10,11). The molecule has 1 unspecified atom stereocenters. The van der Waals surface area contributed by atoms with Crippen LogP contribution in [0.5, 0.6) is 0 Å². The number of nitrogens with one attached hydrogen (secondary N) is 1. The van der Waals surface area contributed by atoms with E-state index in [0.29, 0.717) is 24.9 Å². The van der Waals surface area contributed by atoms with E-state index in [4.69, 9.17) is 4.74 Å². The van der Waals surface area contributed by atoms with Gasteiger partial charge in [-0.3, -0.25) is 14.8 Å². The summed E-state index contributed by atoms with van der Waals surface area (Å²) < 4.78 is 6.67. The fourth-order valence-electron chi connectivity index (χ4n) is 1.72. The summed E-state index contributed by atoms with van der Waals surface area (Å²) in [5, 5.41) is 17.7. The predicted octanol–water partition coefficient (Wildman–Crippen LogP) is 0.777. The van der Waals surface area contributed by atoms with Gasteiger partial charge in [-0.25, -0.2) is 0 Å². The Balaban J connectivity index is 1.99. The lowest BCUT2D eigenvalue weighted by Gasteiger charge is -2.07. The van der Waals surface area contributed by atoms with Crippen LogP contribution in [0.25, 0.3) is 0 Å². The van der Waals surface area contributed by atoms with E-state index in [2.05, 4.69) is 10.4 Å². The molecule has 0 aliphatic carbocycles. The fourth-order valence-corrected chi connectivity index (χ4v) is 1.72. The summed E-state index contributed by atoms with van der Waals surface area (Å²) in [4.78, 5) is 10.3. The van der Waals surface area contributed by atoms with Crippen LogP contribution in [0.1, 0.15) is 6.42 Å². The van der Waals surface area contributed by atoms with Crippen LogP contribution in [0, 0.1) is 16.0 Å². The van der Waals surface area contributed by atoms with Gasteiger partial charge < -0.3 is 10.1 Å². The summed E-state index contributed by atoms with van der Waals surface area (Å²) in [6.07, 6.45) is 2.39. The SMILES string of the molecule is Cn1cc([N+](=O)[O-])c(NCC2CCOC2)n1. The molecule has 88 valence electrons. The Morgan fingerprint density at radius 2 is 2.62 bits per heavy atom. The van der Waals surface area contributed by atoms with Crippen molar-refractivity contribution >= 4 is 11.5 Å². The maximum Gasteiger partial charge on any atom is 0.330 e. The molecular formula is C9H14N4O3. The Morgan fingerprint density at radius 1 is 1.81 bits per heavy atom. The smallest absolute Gasteiger partial charge is 0.330 e. The monoisotopic (exact) mass is 226 g/mol. The van der Waals surface area contributed by atoms with Crippen LogP contribution < -0.4 is 5.32 Å². The highest BCUT2D eigenvalue weighted by Crippen LogP contribution is 2.22. The third-order valence-electron chi connectivity index (χ3n) is 2.59. The van der Waals surface area contributed by atoms with Gasteiger partial charge in [-0.15, -0.1) is 5.10 Å². The third-order valence-corrected chi connectivity index (χ3v) is 2.59. The first-order valence-electron chi connectivity index (χ1n) is 5.16. The maximum absolute atomic E-state index is 10.7. The summed E-state index contributed by atoms with van der Waals surface area (Å²) in [5.41, 5.74) is 0.0152. The Labute approximate surface area is 92.5 Å². The molecule has 7 nitrogen and oxygen atoms in total. The molecule has 0 saturated carbocycles. The first-order chi connectivity index (χ1) is 7.66. The second kappa shape index (κ2) is 4.48. The van der Waals surface area contributed by atoms with Crippen LogP contribution in [0.15, 0.2) is 6.20 Å². The van der Waals surface area contributed by atoms with E-state index in [1.165, 1.54) is 10.9 Å². The van der Waals surface area contributed by atoms with E-state index < -0.39 is 4.92 Å². The molecule has 1 aromatic heterocycles. The van der Waals surface area contributed by atoms with Crippen molar-refractivity contribution in [1.29, 1.82) is 0 Å². The lowest BCUT2D eigenvalue weighted by Crippen LogP contribution is -2.15. The van der Waals surface area contributed by atoms with Crippen LogP contribution in [0.3, 0.4) is 0 Å². The van der Waals surface area contributed by atoms with Crippen molar-refractivity contribution in [3.05, 3.63) is 16.3 Å². The van der Waals surface area contributed by atoms with Gasteiger partial charge in [0.25, 0.3) is 0 Å². The van der Waals surface area contributed by atoms with E-state index >= 15 is 0 Å². The molecule has 7 heteroatoms. The highest BCUT2D eigenvalue weighted by molar-refractivity contribution is 5.54. The first-order valence-corrected chi connectivity index (χ1v) is 5.16. The minimum atomic E-state index is -0.430. The number of rotatable bonds is 4. The fraction of sp³-hybridized carbons (Fsp3) is 0.667. The zero-order valence-corrected chi connectivity index (χ0v) is 9.05. The normalized spacial score (nSPS) is 19.9. The van der Waals surface area contributed by atoms with Gasteiger partial charge in [-0.2, -0.15) is 0 Å². The van der Waals surface area contributed by atoms with Gasteiger partial charge in [0.15, 0.2) is 0 Å². The molecule has 1 atom stereocenters. The molecule has 0 spiro atoms. The topological polar surface area (TPSA) is 82.2 Å². The Hall–Kier alpha value is -1.63. The molecule has 1 N–H and O–H groups in total. The summed E-state index contributed by atoms with van der Waals surface area (Å²) >= 11 is 0. The minimum Gasteiger partial charge on any atom is -0.381 e. The molecule has 1 aliphatic rings. The van der Waals surface area contributed by atoms with Crippen LogP contribution >= 0.6 is 0 Å². The van der Waals surface area contributed by atoms with E-state index in [0.717, 1.165) is 13.0 Å². The Morgan fingerprint density at radius 3 is 3.25 bits per heavy atom. The lowest BCUT2D eigenvalue weighted by molar-refractivity contribution is -0.384. The van der Waals surface area contributed by atoms with Gasteiger partial charge in [0.05, 0.1) is 11.5 Å². The van der Waals surface area contributed by atoms with Gasteiger partial charge in [0.2, 0.25) is 5.82 Å². The summed E-state index contributed by atoms with van der Waals surface area (Å²) in [5.74, 6) is 0.751. The van der Waals surface area contributed by atoms with Gasteiger partial charge in [-0.1, -0.05) is 0 Å². The van der Waals surface area contributed by atoms with E-state index in [9.17, 15) is 10.1 Å². The summed E-state index contributed by atoms with van der Waals surface area (Å²) in [6.45, 7) is 2.15. The number of aromatic nitrogens is 2. The molecule has 2 heterocycles. The number of hydrogen-bond donors (Lipinski definition) is 1. The average Bonchev–Trinajstić information content (AvgIpc) is 2.83. The number of hydrogen-bond acceptors (Lipinski definition) is 5. The van der Waals surface area contributed by atoms with E-state index in [1.807, 2.05) is 0 Å².